The van der Waals surface area contributed by atoms with Gasteiger partial charge in [0, 0.05) is 6.61 Å². The summed E-state index contributed by atoms with van der Waals surface area (Å²) in [6.07, 6.45) is 4.02. The van der Waals surface area contributed by atoms with E-state index < -0.39 is 0 Å². The zero-order valence-electron chi connectivity index (χ0n) is 8.11. The lowest BCUT2D eigenvalue weighted by Crippen LogP contribution is -2.26. The molecule has 0 aliphatic carbocycles. The van der Waals surface area contributed by atoms with Crippen LogP contribution in [0.1, 0.15) is 25.8 Å². The Morgan fingerprint density at radius 2 is 2.50 bits per heavy atom. The van der Waals surface area contributed by atoms with Gasteiger partial charge in [-0.3, -0.25) is 0 Å². The summed E-state index contributed by atoms with van der Waals surface area (Å²) in [7, 11) is 0. The topological polar surface area (TPSA) is 53.1 Å². The van der Waals surface area contributed by atoms with Crippen LogP contribution < -0.4 is 5.73 Å². The van der Waals surface area contributed by atoms with Crippen LogP contribution in [0.15, 0.2) is 10.7 Å². The molecule has 14 heavy (non-hydrogen) atoms. The van der Waals surface area contributed by atoms with Gasteiger partial charge in [-0.05, 0) is 35.7 Å². The SMILES string of the molecule is CC1CC(n2ncc(Br)c2N)CCO1. The van der Waals surface area contributed by atoms with Crippen LogP contribution in [0, 0.1) is 0 Å². The third-order valence-corrected chi connectivity index (χ3v) is 3.20. The minimum absolute atomic E-state index is 0.302. The number of nitrogen functional groups attached to an aromatic ring is 1. The molecule has 0 aromatic carbocycles. The number of hydrogen-bond acceptors (Lipinski definition) is 3. The first kappa shape index (κ1) is 9.98. The van der Waals surface area contributed by atoms with E-state index in [1.807, 2.05) is 4.68 Å². The summed E-state index contributed by atoms with van der Waals surface area (Å²) >= 11 is 3.36. The fraction of sp³-hybridized carbons (Fsp3) is 0.667. The molecule has 1 saturated heterocycles. The normalized spacial score (nSPS) is 27.9. The van der Waals surface area contributed by atoms with Gasteiger partial charge >= 0.3 is 0 Å². The molecule has 0 amide bonds. The van der Waals surface area contributed by atoms with Gasteiger partial charge in [0.25, 0.3) is 0 Å². The van der Waals surface area contributed by atoms with Gasteiger partial charge < -0.3 is 10.5 Å². The molecule has 1 aliphatic heterocycles. The number of ether oxygens (including phenoxy) is 1. The van der Waals surface area contributed by atoms with Crippen molar-refractivity contribution < 1.29 is 4.74 Å². The van der Waals surface area contributed by atoms with Crippen molar-refractivity contribution in [3.8, 4) is 0 Å². The zero-order chi connectivity index (χ0) is 10.1. The molecule has 1 aromatic rings. The minimum Gasteiger partial charge on any atom is -0.383 e. The van der Waals surface area contributed by atoms with Crippen molar-refractivity contribution in [3.63, 3.8) is 0 Å². The molecule has 1 aliphatic rings. The summed E-state index contributed by atoms with van der Waals surface area (Å²) in [5.41, 5.74) is 5.89. The van der Waals surface area contributed by atoms with Gasteiger partial charge in [-0.15, -0.1) is 0 Å². The highest BCUT2D eigenvalue weighted by atomic mass is 79.9. The predicted molar refractivity (Wildman–Crippen MR) is 58.0 cm³/mol. The Hall–Kier alpha value is -0.550. The second kappa shape index (κ2) is 3.90. The van der Waals surface area contributed by atoms with Crippen molar-refractivity contribution in [3.05, 3.63) is 10.7 Å². The standard InChI is InChI=1S/C9H14BrN3O/c1-6-4-7(2-3-14-6)13-9(11)8(10)5-12-13/h5-7H,2-4,11H2,1H3. The van der Waals surface area contributed by atoms with Crippen molar-refractivity contribution in [2.24, 2.45) is 0 Å². The van der Waals surface area contributed by atoms with E-state index in [1.54, 1.807) is 6.20 Å². The van der Waals surface area contributed by atoms with Crippen LogP contribution in [-0.2, 0) is 4.74 Å². The molecule has 2 N–H and O–H groups in total. The van der Waals surface area contributed by atoms with Crippen molar-refractivity contribution in [1.82, 2.24) is 9.78 Å². The molecular formula is C9H14BrN3O. The Bertz CT molecular complexity index is 326. The number of hydrogen-bond donors (Lipinski definition) is 1. The van der Waals surface area contributed by atoms with Crippen LogP contribution in [0.5, 0.6) is 0 Å². The van der Waals surface area contributed by atoms with E-state index >= 15 is 0 Å². The highest BCUT2D eigenvalue weighted by Crippen LogP contribution is 2.29. The molecule has 1 aromatic heterocycles. The lowest BCUT2D eigenvalue weighted by Gasteiger charge is -2.27. The number of aromatic nitrogens is 2. The van der Waals surface area contributed by atoms with E-state index in [0.29, 0.717) is 18.0 Å². The maximum absolute atomic E-state index is 5.89. The third kappa shape index (κ3) is 1.79. The first-order valence-corrected chi connectivity index (χ1v) is 5.58. The highest BCUT2D eigenvalue weighted by molar-refractivity contribution is 9.10. The fourth-order valence-electron chi connectivity index (χ4n) is 1.84. The second-order valence-electron chi connectivity index (χ2n) is 3.68. The summed E-state index contributed by atoms with van der Waals surface area (Å²) in [5.74, 6) is 0.712. The molecule has 2 unspecified atom stereocenters. The quantitative estimate of drug-likeness (QED) is 0.839. The van der Waals surface area contributed by atoms with E-state index in [9.17, 15) is 0 Å². The zero-order valence-corrected chi connectivity index (χ0v) is 9.70. The van der Waals surface area contributed by atoms with Crippen molar-refractivity contribution in [1.29, 1.82) is 0 Å². The van der Waals surface area contributed by atoms with Crippen LogP contribution in [0.25, 0.3) is 0 Å². The molecular weight excluding hydrogens is 246 g/mol. The smallest absolute Gasteiger partial charge is 0.136 e. The summed E-state index contributed by atoms with van der Waals surface area (Å²) in [4.78, 5) is 0. The minimum atomic E-state index is 0.302. The van der Waals surface area contributed by atoms with Crippen LogP contribution in [-0.4, -0.2) is 22.5 Å². The Balaban J connectivity index is 2.18. The summed E-state index contributed by atoms with van der Waals surface area (Å²) in [5, 5.41) is 4.26. The molecule has 2 atom stereocenters. The van der Waals surface area contributed by atoms with E-state index in [2.05, 4.69) is 28.0 Å². The van der Waals surface area contributed by atoms with E-state index in [4.69, 9.17) is 10.5 Å². The van der Waals surface area contributed by atoms with Crippen molar-refractivity contribution in [2.75, 3.05) is 12.3 Å². The molecule has 78 valence electrons. The summed E-state index contributed by atoms with van der Waals surface area (Å²) in [6.45, 7) is 2.88. The molecule has 2 rings (SSSR count). The average molecular weight is 260 g/mol. The van der Waals surface area contributed by atoms with Crippen LogP contribution >= 0.6 is 15.9 Å². The Labute approximate surface area is 91.5 Å². The third-order valence-electron chi connectivity index (χ3n) is 2.59. The van der Waals surface area contributed by atoms with Crippen LogP contribution in [0.2, 0.25) is 0 Å². The Morgan fingerprint density at radius 1 is 1.71 bits per heavy atom. The van der Waals surface area contributed by atoms with Gasteiger partial charge in [0.05, 0.1) is 22.8 Å². The molecule has 0 bridgehead atoms. The van der Waals surface area contributed by atoms with Gasteiger partial charge in [-0.2, -0.15) is 5.10 Å². The second-order valence-corrected chi connectivity index (χ2v) is 4.54. The van der Waals surface area contributed by atoms with Gasteiger partial charge in [-0.25, -0.2) is 4.68 Å². The van der Waals surface area contributed by atoms with E-state index in [1.165, 1.54) is 0 Å². The highest BCUT2D eigenvalue weighted by Gasteiger charge is 2.23. The lowest BCUT2D eigenvalue weighted by molar-refractivity contribution is 0.00398. The number of anilines is 1. The maximum Gasteiger partial charge on any atom is 0.136 e. The van der Waals surface area contributed by atoms with Gasteiger partial charge in [-0.1, -0.05) is 0 Å². The van der Waals surface area contributed by atoms with Crippen molar-refractivity contribution in [2.45, 2.75) is 31.9 Å². The molecule has 1 fully saturated rings. The lowest BCUT2D eigenvalue weighted by atomic mass is 10.0. The molecule has 0 saturated carbocycles. The molecule has 0 radical (unpaired) electrons. The van der Waals surface area contributed by atoms with Crippen LogP contribution in [0.4, 0.5) is 5.82 Å². The number of nitrogens with two attached hydrogens (primary N) is 1. The fourth-order valence-corrected chi connectivity index (χ4v) is 2.11. The first-order chi connectivity index (χ1) is 6.68. The molecule has 4 nitrogen and oxygen atoms in total. The number of rotatable bonds is 1. The summed E-state index contributed by atoms with van der Waals surface area (Å²) < 4.78 is 8.25. The van der Waals surface area contributed by atoms with Gasteiger partial charge in [0.15, 0.2) is 0 Å². The molecule has 5 heteroatoms. The van der Waals surface area contributed by atoms with Gasteiger partial charge in [0.2, 0.25) is 0 Å². The Kier molecular flexibility index (Phi) is 2.78. The largest absolute Gasteiger partial charge is 0.383 e. The first-order valence-electron chi connectivity index (χ1n) is 4.78. The van der Waals surface area contributed by atoms with E-state index in [-0.39, 0.29) is 0 Å². The summed E-state index contributed by atoms with van der Waals surface area (Å²) in [6, 6.07) is 0.380. The Morgan fingerprint density at radius 3 is 3.07 bits per heavy atom. The maximum atomic E-state index is 5.89. The van der Waals surface area contributed by atoms with Crippen LogP contribution in [0.3, 0.4) is 0 Å². The average Bonchev–Trinajstić information content (AvgIpc) is 2.48. The van der Waals surface area contributed by atoms with Crippen molar-refractivity contribution >= 4 is 21.7 Å². The number of halogens is 1. The van der Waals surface area contributed by atoms with Gasteiger partial charge in [0.1, 0.15) is 5.82 Å². The number of nitrogens with zero attached hydrogens (tertiary/aromatic N) is 2. The predicted octanol–water partition coefficient (Wildman–Crippen LogP) is 1.97. The molecule has 2 heterocycles. The van der Waals surface area contributed by atoms with E-state index in [0.717, 1.165) is 23.9 Å². The molecule has 0 spiro atoms. The monoisotopic (exact) mass is 259 g/mol.